The number of aliphatic hydroxyl groups excluding tert-OH is 1. The van der Waals surface area contributed by atoms with E-state index in [-0.39, 0.29) is 6.10 Å². The van der Waals surface area contributed by atoms with Crippen LogP contribution in [0.2, 0.25) is 0 Å². The molecular weight excluding hydrogens is 218 g/mol. The van der Waals surface area contributed by atoms with Crippen molar-refractivity contribution < 1.29 is 5.11 Å². The third-order valence-electron chi connectivity index (χ3n) is 4.00. The van der Waals surface area contributed by atoms with Crippen molar-refractivity contribution in [3.8, 4) is 0 Å². The summed E-state index contributed by atoms with van der Waals surface area (Å²) in [7, 11) is 0. The quantitative estimate of drug-likeness (QED) is 0.811. The van der Waals surface area contributed by atoms with Crippen LogP contribution in [0.1, 0.15) is 36.1 Å². The van der Waals surface area contributed by atoms with Crippen LogP contribution in [-0.4, -0.2) is 28.7 Å². The summed E-state index contributed by atoms with van der Waals surface area (Å²) >= 11 is 1.89. The molecule has 0 spiro atoms. The molecule has 0 saturated heterocycles. The van der Waals surface area contributed by atoms with Gasteiger partial charge in [0.25, 0.3) is 0 Å². The molecule has 3 heteroatoms. The highest BCUT2D eigenvalue weighted by Crippen LogP contribution is 2.30. The van der Waals surface area contributed by atoms with Gasteiger partial charge in [-0.1, -0.05) is 12.8 Å². The fraction of sp³-hybridized carbons (Fsp3) is 0.692. The predicted octanol–water partition coefficient (Wildman–Crippen LogP) is 2.41. The second kappa shape index (κ2) is 4.47. The van der Waals surface area contributed by atoms with Crippen LogP contribution in [0.4, 0.5) is 0 Å². The van der Waals surface area contributed by atoms with Gasteiger partial charge in [-0.05, 0) is 36.3 Å². The maximum absolute atomic E-state index is 10.1. The molecule has 1 aromatic rings. The third kappa shape index (κ3) is 1.92. The molecule has 1 fully saturated rings. The minimum atomic E-state index is -0.0889. The van der Waals surface area contributed by atoms with Crippen LogP contribution in [-0.2, 0) is 13.0 Å². The average molecular weight is 237 g/mol. The maximum Gasteiger partial charge on any atom is 0.0695 e. The standard InChI is InChI=1S/C13H19NOS/c15-12-4-2-1-3-11(12)14-7-5-13-10(9-14)6-8-16-13/h6,8,11-12,15H,1-5,7,9H2/t11-,12-/m1/s1. The van der Waals surface area contributed by atoms with Crippen LogP contribution in [0.25, 0.3) is 0 Å². The van der Waals surface area contributed by atoms with Gasteiger partial charge in [-0.25, -0.2) is 0 Å². The van der Waals surface area contributed by atoms with Gasteiger partial charge in [0.2, 0.25) is 0 Å². The van der Waals surface area contributed by atoms with E-state index >= 15 is 0 Å². The van der Waals surface area contributed by atoms with E-state index in [2.05, 4.69) is 16.3 Å². The Morgan fingerprint density at radius 2 is 2.19 bits per heavy atom. The van der Waals surface area contributed by atoms with E-state index in [1.807, 2.05) is 11.3 Å². The minimum Gasteiger partial charge on any atom is -0.391 e. The lowest BCUT2D eigenvalue weighted by molar-refractivity contribution is 0.0135. The van der Waals surface area contributed by atoms with Gasteiger partial charge in [0, 0.05) is 24.0 Å². The summed E-state index contributed by atoms with van der Waals surface area (Å²) in [4.78, 5) is 4.06. The van der Waals surface area contributed by atoms with Crippen LogP contribution in [0.15, 0.2) is 11.4 Å². The molecule has 1 aliphatic carbocycles. The molecule has 0 aromatic carbocycles. The third-order valence-corrected chi connectivity index (χ3v) is 5.02. The van der Waals surface area contributed by atoms with Crippen molar-refractivity contribution in [1.29, 1.82) is 0 Å². The second-order valence-corrected chi connectivity index (χ2v) is 6.01. The van der Waals surface area contributed by atoms with E-state index < -0.39 is 0 Å². The summed E-state index contributed by atoms with van der Waals surface area (Å²) in [6.07, 6.45) is 5.76. The van der Waals surface area contributed by atoms with Crippen LogP contribution >= 0.6 is 11.3 Å². The summed E-state index contributed by atoms with van der Waals surface area (Å²) < 4.78 is 0. The van der Waals surface area contributed by atoms with E-state index in [1.54, 1.807) is 4.88 Å². The fourth-order valence-corrected chi connectivity index (χ4v) is 3.96. The molecule has 1 N–H and O–H groups in total. The SMILES string of the molecule is O[C@@H]1CCCC[C@H]1N1CCc2sccc2C1. The van der Waals surface area contributed by atoms with Crippen LogP contribution in [0, 0.1) is 0 Å². The topological polar surface area (TPSA) is 23.5 Å². The Bertz CT molecular complexity index is 363. The molecule has 1 aromatic heterocycles. The van der Waals surface area contributed by atoms with Gasteiger partial charge in [-0.3, -0.25) is 4.90 Å². The first kappa shape index (κ1) is 10.8. The van der Waals surface area contributed by atoms with E-state index in [1.165, 1.54) is 31.2 Å². The van der Waals surface area contributed by atoms with Crippen molar-refractivity contribution in [3.63, 3.8) is 0 Å². The first-order valence-corrected chi connectivity index (χ1v) is 7.20. The summed E-state index contributed by atoms with van der Waals surface area (Å²) in [6, 6.07) is 2.67. The van der Waals surface area contributed by atoms with Gasteiger partial charge < -0.3 is 5.11 Å². The van der Waals surface area contributed by atoms with E-state index in [0.29, 0.717) is 6.04 Å². The zero-order valence-electron chi connectivity index (χ0n) is 9.56. The molecule has 0 amide bonds. The van der Waals surface area contributed by atoms with Crippen molar-refractivity contribution >= 4 is 11.3 Å². The highest BCUT2D eigenvalue weighted by atomic mass is 32.1. The van der Waals surface area contributed by atoms with Gasteiger partial charge >= 0.3 is 0 Å². The minimum absolute atomic E-state index is 0.0889. The van der Waals surface area contributed by atoms with Crippen molar-refractivity contribution in [2.45, 2.75) is 50.8 Å². The molecule has 2 nitrogen and oxygen atoms in total. The molecule has 1 saturated carbocycles. The molecule has 16 heavy (non-hydrogen) atoms. The summed E-state index contributed by atoms with van der Waals surface area (Å²) in [5, 5.41) is 12.3. The summed E-state index contributed by atoms with van der Waals surface area (Å²) in [5.74, 6) is 0. The molecule has 0 unspecified atom stereocenters. The van der Waals surface area contributed by atoms with Crippen LogP contribution in [0.5, 0.6) is 0 Å². The molecule has 0 bridgehead atoms. The largest absolute Gasteiger partial charge is 0.391 e. The Kier molecular flexibility index (Phi) is 3.01. The summed E-state index contributed by atoms with van der Waals surface area (Å²) in [5.41, 5.74) is 1.49. The van der Waals surface area contributed by atoms with Gasteiger partial charge in [-0.15, -0.1) is 11.3 Å². The first-order valence-electron chi connectivity index (χ1n) is 6.32. The van der Waals surface area contributed by atoms with Gasteiger partial charge in [-0.2, -0.15) is 0 Å². The van der Waals surface area contributed by atoms with Gasteiger partial charge in [0.15, 0.2) is 0 Å². The first-order chi connectivity index (χ1) is 7.84. The fourth-order valence-electron chi connectivity index (χ4n) is 3.07. The number of rotatable bonds is 1. The molecule has 0 radical (unpaired) electrons. The molecule has 3 rings (SSSR count). The van der Waals surface area contributed by atoms with Gasteiger partial charge in [0.05, 0.1) is 6.10 Å². The number of hydrogen-bond acceptors (Lipinski definition) is 3. The van der Waals surface area contributed by atoms with E-state index in [4.69, 9.17) is 0 Å². The predicted molar refractivity (Wildman–Crippen MR) is 66.7 cm³/mol. The maximum atomic E-state index is 10.1. The normalized spacial score (nSPS) is 31.3. The van der Waals surface area contributed by atoms with Crippen LogP contribution in [0.3, 0.4) is 0 Å². The van der Waals surface area contributed by atoms with Gasteiger partial charge in [0.1, 0.15) is 0 Å². The molecular formula is C13H19NOS. The molecule has 88 valence electrons. The van der Waals surface area contributed by atoms with Crippen molar-refractivity contribution in [2.75, 3.05) is 6.54 Å². The molecule has 1 aliphatic heterocycles. The zero-order chi connectivity index (χ0) is 11.0. The van der Waals surface area contributed by atoms with Crippen molar-refractivity contribution in [3.05, 3.63) is 21.9 Å². The Hall–Kier alpha value is -0.380. The number of aliphatic hydroxyl groups is 1. The lowest BCUT2D eigenvalue weighted by Crippen LogP contribution is -2.47. The molecule has 2 heterocycles. The lowest BCUT2D eigenvalue weighted by Gasteiger charge is -2.39. The van der Waals surface area contributed by atoms with Crippen LogP contribution < -0.4 is 0 Å². The second-order valence-electron chi connectivity index (χ2n) is 5.01. The van der Waals surface area contributed by atoms with Crippen molar-refractivity contribution in [1.82, 2.24) is 4.90 Å². The average Bonchev–Trinajstić information content (AvgIpc) is 2.76. The van der Waals surface area contributed by atoms with E-state index in [0.717, 1.165) is 19.5 Å². The summed E-state index contributed by atoms with van der Waals surface area (Å²) in [6.45, 7) is 2.19. The van der Waals surface area contributed by atoms with Crippen molar-refractivity contribution in [2.24, 2.45) is 0 Å². The lowest BCUT2D eigenvalue weighted by atomic mass is 9.90. The highest BCUT2D eigenvalue weighted by molar-refractivity contribution is 7.10. The number of fused-ring (bicyclic) bond motifs is 1. The zero-order valence-corrected chi connectivity index (χ0v) is 10.4. The smallest absolute Gasteiger partial charge is 0.0695 e. The van der Waals surface area contributed by atoms with E-state index in [9.17, 15) is 5.11 Å². The highest BCUT2D eigenvalue weighted by Gasteiger charge is 2.30. The Labute approximate surface area is 101 Å². The molecule has 2 atom stereocenters. The number of nitrogens with zero attached hydrogens (tertiary/aromatic N) is 1. The Morgan fingerprint density at radius 1 is 1.31 bits per heavy atom. The Balaban J connectivity index is 1.72. The monoisotopic (exact) mass is 237 g/mol. The number of thiophene rings is 1. The Morgan fingerprint density at radius 3 is 3.06 bits per heavy atom. The molecule has 2 aliphatic rings. The number of hydrogen-bond donors (Lipinski definition) is 1.